The van der Waals surface area contributed by atoms with Gasteiger partial charge in [-0.15, -0.1) is 0 Å². The van der Waals surface area contributed by atoms with E-state index < -0.39 is 0 Å². The maximum Gasteiger partial charge on any atom is 0.126 e. The van der Waals surface area contributed by atoms with Crippen molar-refractivity contribution in [3.8, 4) is 5.75 Å². The summed E-state index contributed by atoms with van der Waals surface area (Å²) in [6, 6.07) is 22.4. The van der Waals surface area contributed by atoms with E-state index in [1.807, 2.05) is 24.3 Å². The van der Waals surface area contributed by atoms with E-state index in [-0.39, 0.29) is 12.2 Å². The Hall–Kier alpha value is -2.43. The van der Waals surface area contributed by atoms with Crippen molar-refractivity contribution in [1.82, 2.24) is 5.32 Å². The van der Waals surface area contributed by atoms with Crippen LogP contribution in [0, 0.1) is 13.8 Å². The Labute approximate surface area is 174 Å². The van der Waals surface area contributed by atoms with Gasteiger partial charge in [-0.05, 0) is 48.7 Å². The molecular weight excluding hydrogens is 412 g/mol. The van der Waals surface area contributed by atoms with Gasteiger partial charge in [0.25, 0.3) is 0 Å². The van der Waals surface area contributed by atoms with E-state index in [0.717, 1.165) is 33.3 Å². The van der Waals surface area contributed by atoms with Gasteiger partial charge >= 0.3 is 0 Å². The van der Waals surface area contributed by atoms with E-state index in [9.17, 15) is 5.11 Å². The third kappa shape index (κ3) is 3.89. The molecule has 142 valence electrons. The van der Waals surface area contributed by atoms with Gasteiger partial charge in [0, 0.05) is 28.2 Å². The van der Waals surface area contributed by atoms with Crippen LogP contribution in [0.1, 0.15) is 46.4 Å². The summed E-state index contributed by atoms with van der Waals surface area (Å²) in [6.45, 7) is 4.20. The molecule has 2 atom stereocenters. The van der Waals surface area contributed by atoms with Crippen LogP contribution in [0.3, 0.4) is 0 Å². The second-order valence-corrected chi connectivity index (χ2v) is 8.24. The smallest absolute Gasteiger partial charge is 0.126 e. The summed E-state index contributed by atoms with van der Waals surface area (Å²) in [5, 5.41) is 14.1. The number of aliphatic imine (C=N–C) groups is 1. The lowest BCUT2D eigenvalue weighted by Crippen LogP contribution is -2.33. The first-order valence-corrected chi connectivity index (χ1v) is 10.2. The van der Waals surface area contributed by atoms with Gasteiger partial charge in [-0.25, -0.2) is 0 Å². The summed E-state index contributed by atoms with van der Waals surface area (Å²) < 4.78 is 0.953. The Bertz CT molecular complexity index is 1030. The number of nitrogens with zero attached hydrogens (tertiary/aromatic N) is 1. The summed E-state index contributed by atoms with van der Waals surface area (Å²) in [5.74, 6) is 0.300. The first-order chi connectivity index (χ1) is 13.5. The van der Waals surface area contributed by atoms with Crippen LogP contribution in [-0.4, -0.2) is 10.8 Å². The average molecular weight is 435 g/mol. The van der Waals surface area contributed by atoms with Gasteiger partial charge in [-0.3, -0.25) is 10.3 Å². The lowest BCUT2D eigenvalue weighted by atomic mass is 9.92. The molecule has 0 saturated heterocycles. The molecule has 0 aliphatic carbocycles. The number of phenolic OH excluding ortho intramolecular Hbond substituents is 1. The zero-order chi connectivity index (χ0) is 19.7. The number of aromatic hydroxyl groups is 1. The number of aryl methyl sites for hydroxylation is 2. The monoisotopic (exact) mass is 434 g/mol. The Morgan fingerprint density at radius 3 is 2.46 bits per heavy atom. The predicted molar refractivity (Wildman–Crippen MR) is 118 cm³/mol. The molecule has 3 aromatic carbocycles. The highest BCUT2D eigenvalue weighted by Gasteiger charge is 2.28. The number of phenols is 1. The second kappa shape index (κ2) is 7.90. The van der Waals surface area contributed by atoms with Gasteiger partial charge < -0.3 is 5.11 Å². The number of benzene rings is 3. The van der Waals surface area contributed by atoms with E-state index >= 15 is 0 Å². The normalized spacial score (nSPS) is 19.3. The zero-order valence-corrected chi connectivity index (χ0v) is 17.6. The second-order valence-electron chi connectivity index (χ2n) is 7.33. The standard InChI is InChI=1S/C24H23BrN2O/c1-15-7-9-17(10-8-15)21-14-22(20-13-18(25)11-12-23(20)28)27-24(26-21)19-6-4-3-5-16(19)2/h3-13,22,24,27-28H,14H2,1-2H3. The molecule has 4 heteroatoms. The zero-order valence-electron chi connectivity index (χ0n) is 16.0. The fourth-order valence-corrected chi connectivity index (χ4v) is 4.06. The van der Waals surface area contributed by atoms with Gasteiger partial charge in [0.15, 0.2) is 0 Å². The van der Waals surface area contributed by atoms with Crippen LogP contribution in [0.5, 0.6) is 5.75 Å². The third-order valence-electron chi connectivity index (χ3n) is 5.27. The molecule has 0 amide bonds. The highest BCUT2D eigenvalue weighted by atomic mass is 79.9. The molecule has 3 nitrogen and oxygen atoms in total. The van der Waals surface area contributed by atoms with E-state index in [1.165, 1.54) is 11.1 Å². The molecule has 2 unspecified atom stereocenters. The lowest BCUT2D eigenvalue weighted by Gasteiger charge is -2.31. The molecule has 3 aromatic rings. The molecule has 4 rings (SSSR count). The largest absolute Gasteiger partial charge is 0.508 e. The Morgan fingerprint density at radius 1 is 0.964 bits per heavy atom. The van der Waals surface area contributed by atoms with E-state index in [1.54, 1.807) is 6.07 Å². The molecule has 28 heavy (non-hydrogen) atoms. The maximum atomic E-state index is 10.5. The van der Waals surface area contributed by atoms with Gasteiger partial charge in [-0.1, -0.05) is 70.0 Å². The average Bonchev–Trinajstić information content (AvgIpc) is 2.70. The number of nitrogens with one attached hydrogen (secondary N) is 1. The molecule has 2 N–H and O–H groups in total. The first kappa shape index (κ1) is 18.9. The van der Waals surface area contributed by atoms with Crippen LogP contribution in [0.4, 0.5) is 0 Å². The van der Waals surface area contributed by atoms with Crippen molar-refractivity contribution in [3.63, 3.8) is 0 Å². The van der Waals surface area contributed by atoms with E-state index in [2.05, 4.69) is 71.5 Å². The van der Waals surface area contributed by atoms with Gasteiger partial charge in [0.2, 0.25) is 0 Å². The third-order valence-corrected chi connectivity index (χ3v) is 5.77. The highest BCUT2D eigenvalue weighted by Crippen LogP contribution is 2.36. The number of halogens is 1. The quantitative estimate of drug-likeness (QED) is 0.531. The van der Waals surface area contributed by atoms with Gasteiger partial charge in [0.05, 0.1) is 0 Å². The van der Waals surface area contributed by atoms with Crippen molar-refractivity contribution < 1.29 is 5.11 Å². The Balaban J connectivity index is 1.79. The van der Waals surface area contributed by atoms with Crippen LogP contribution >= 0.6 is 15.9 Å². The number of hydrogen-bond acceptors (Lipinski definition) is 3. The Kier molecular flexibility index (Phi) is 5.33. The van der Waals surface area contributed by atoms with Gasteiger partial charge in [0.1, 0.15) is 11.9 Å². The van der Waals surface area contributed by atoms with E-state index in [0.29, 0.717) is 5.75 Å². The number of hydrogen-bond donors (Lipinski definition) is 2. The van der Waals surface area contributed by atoms with Crippen LogP contribution < -0.4 is 5.32 Å². The predicted octanol–water partition coefficient (Wildman–Crippen LogP) is 5.99. The molecule has 1 aliphatic heterocycles. The summed E-state index contributed by atoms with van der Waals surface area (Å²) in [4.78, 5) is 5.05. The Morgan fingerprint density at radius 2 is 1.71 bits per heavy atom. The van der Waals surface area contributed by atoms with Crippen LogP contribution in [0.25, 0.3) is 0 Å². The van der Waals surface area contributed by atoms with Crippen molar-refractivity contribution in [2.24, 2.45) is 4.99 Å². The lowest BCUT2D eigenvalue weighted by molar-refractivity contribution is 0.412. The maximum absolute atomic E-state index is 10.5. The first-order valence-electron chi connectivity index (χ1n) is 9.45. The summed E-state index contributed by atoms with van der Waals surface area (Å²) >= 11 is 3.53. The molecule has 1 aliphatic rings. The summed E-state index contributed by atoms with van der Waals surface area (Å²) in [6.07, 6.45) is 0.560. The van der Waals surface area contributed by atoms with Crippen molar-refractivity contribution in [1.29, 1.82) is 0 Å². The molecule has 1 heterocycles. The fraction of sp³-hybridized carbons (Fsp3) is 0.208. The van der Waals surface area contributed by atoms with Crippen LogP contribution in [0.2, 0.25) is 0 Å². The molecule has 0 bridgehead atoms. The van der Waals surface area contributed by atoms with Crippen molar-refractivity contribution in [2.45, 2.75) is 32.5 Å². The SMILES string of the molecule is Cc1ccc(C2=NC(c3ccccc3C)NC(c3cc(Br)ccc3O)C2)cc1. The van der Waals surface area contributed by atoms with Crippen molar-refractivity contribution in [3.05, 3.63) is 99.0 Å². The molecule has 0 aromatic heterocycles. The topological polar surface area (TPSA) is 44.6 Å². The van der Waals surface area contributed by atoms with Crippen LogP contribution in [0.15, 0.2) is 76.2 Å². The number of rotatable bonds is 3. The van der Waals surface area contributed by atoms with E-state index in [4.69, 9.17) is 4.99 Å². The minimum atomic E-state index is -0.158. The molecule has 0 spiro atoms. The molecule has 0 fully saturated rings. The van der Waals surface area contributed by atoms with Crippen molar-refractivity contribution >= 4 is 21.6 Å². The summed E-state index contributed by atoms with van der Waals surface area (Å²) in [5.41, 5.74) is 6.65. The fourth-order valence-electron chi connectivity index (χ4n) is 3.68. The highest BCUT2D eigenvalue weighted by molar-refractivity contribution is 9.10. The van der Waals surface area contributed by atoms with Crippen molar-refractivity contribution in [2.75, 3.05) is 0 Å². The molecule has 0 saturated carbocycles. The minimum absolute atomic E-state index is 0.0316. The van der Waals surface area contributed by atoms with Crippen LogP contribution in [-0.2, 0) is 0 Å². The van der Waals surface area contributed by atoms with Gasteiger partial charge in [-0.2, -0.15) is 0 Å². The molecule has 0 radical (unpaired) electrons. The molecular formula is C24H23BrN2O. The summed E-state index contributed by atoms with van der Waals surface area (Å²) in [7, 11) is 0. The minimum Gasteiger partial charge on any atom is -0.508 e.